The van der Waals surface area contributed by atoms with Gasteiger partial charge in [-0.2, -0.15) is 0 Å². The summed E-state index contributed by atoms with van der Waals surface area (Å²) >= 11 is 0. The monoisotopic (exact) mass is 265 g/mol. The van der Waals surface area contributed by atoms with Gasteiger partial charge in [0.25, 0.3) is 0 Å². The Labute approximate surface area is 113 Å². The van der Waals surface area contributed by atoms with E-state index in [0.717, 1.165) is 43.6 Å². The number of nitrogens with zero attached hydrogens (tertiary/aromatic N) is 1. The Hall–Kier alpha value is -1.36. The second-order valence-corrected chi connectivity index (χ2v) is 5.43. The maximum Gasteiger partial charge on any atom is 0.223 e. The Kier molecular flexibility index (Phi) is 4.58. The van der Waals surface area contributed by atoms with E-state index in [1.807, 2.05) is 13.8 Å². The number of rotatable bonds is 4. The predicted molar refractivity (Wildman–Crippen MR) is 72.5 cm³/mol. The minimum Gasteiger partial charge on any atom is -0.393 e. The third kappa shape index (κ3) is 3.56. The number of aromatic amines is 1. The van der Waals surface area contributed by atoms with Gasteiger partial charge in [-0.05, 0) is 39.0 Å². The highest BCUT2D eigenvalue weighted by Crippen LogP contribution is 2.25. The Morgan fingerprint density at radius 3 is 2.74 bits per heavy atom. The maximum absolute atomic E-state index is 12.2. The van der Waals surface area contributed by atoms with Gasteiger partial charge in [-0.3, -0.25) is 4.79 Å². The number of amides is 1. The van der Waals surface area contributed by atoms with Crippen LogP contribution in [0.25, 0.3) is 0 Å². The SMILES string of the molecule is CC[C@H](NC(=O)C1CCC(O)CC1)c1ncc(C)[nH]1. The van der Waals surface area contributed by atoms with Gasteiger partial charge in [-0.15, -0.1) is 0 Å². The molecule has 0 aliphatic heterocycles. The Morgan fingerprint density at radius 1 is 1.53 bits per heavy atom. The van der Waals surface area contributed by atoms with Crippen molar-refractivity contribution < 1.29 is 9.90 Å². The zero-order valence-electron chi connectivity index (χ0n) is 11.6. The van der Waals surface area contributed by atoms with Crippen molar-refractivity contribution in [2.75, 3.05) is 0 Å². The number of hydrogen-bond donors (Lipinski definition) is 3. The molecule has 1 fully saturated rings. The summed E-state index contributed by atoms with van der Waals surface area (Å²) < 4.78 is 0. The molecule has 0 radical (unpaired) electrons. The fourth-order valence-corrected chi connectivity index (χ4v) is 2.60. The second kappa shape index (κ2) is 6.19. The molecule has 1 aliphatic carbocycles. The van der Waals surface area contributed by atoms with Gasteiger partial charge in [0.2, 0.25) is 5.91 Å². The van der Waals surface area contributed by atoms with E-state index < -0.39 is 0 Å². The van der Waals surface area contributed by atoms with Crippen LogP contribution >= 0.6 is 0 Å². The van der Waals surface area contributed by atoms with Crippen molar-refractivity contribution in [1.29, 1.82) is 0 Å². The van der Waals surface area contributed by atoms with Gasteiger partial charge >= 0.3 is 0 Å². The smallest absolute Gasteiger partial charge is 0.223 e. The first-order valence-corrected chi connectivity index (χ1v) is 7.10. The lowest BCUT2D eigenvalue weighted by Gasteiger charge is -2.26. The highest BCUT2D eigenvalue weighted by atomic mass is 16.3. The van der Waals surface area contributed by atoms with Crippen molar-refractivity contribution in [2.24, 2.45) is 5.92 Å². The molecule has 1 aromatic rings. The normalized spacial score (nSPS) is 25.0. The van der Waals surface area contributed by atoms with Gasteiger partial charge < -0.3 is 15.4 Å². The summed E-state index contributed by atoms with van der Waals surface area (Å²) in [6, 6.07) is -0.0481. The molecule has 1 aliphatic rings. The van der Waals surface area contributed by atoms with Crippen molar-refractivity contribution in [3.05, 3.63) is 17.7 Å². The highest BCUT2D eigenvalue weighted by Gasteiger charge is 2.27. The number of aliphatic hydroxyl groups excluding tert-OH is 1. The van der Waals surface area contributed by atoms with E-state index in [2.05, 4.69) is 15.3 Å². The zero-order chi connectivity index (χ0) is 13.8. The lowest BCUT2D eigenvalue weighted by molar-refractivity contribution is -0.127. The number of aliphatic hydroxyl groups is 1. The quantitative estimate of drug-likeness (QED) is 0.777. The van der Waals surface area contributed by atoms with Crippen molar-refractivity contribution >= 4 is 5.91 Å². The molecule has 1 aromatic heterocycles. The van der Waals surface area contributed by atoms with Gasteiger partial charge in [-0.1, -0.05) is 6.92 Å². The van der Waals surface area contributed by atoms with Gasteiger partial charge in [0.05, 0.1) is 12.1 Å². The van der Waals surface area contributed by atoms with E-state index >= 15 is 0 Å². The number of hydrogen-bond acceptors (Lipinski definition) is 3. The van der Waals surface area contributed by atoms with E-state index in [1.165, 1.54) is 0 Å². The van der Waals surface area contributed by atoms with Crippen molar-refractivity contribution in [3.8, 4) is 0 Å². The van der Waals surface area contributed by atoms with E-state index in [1.54, 1.807) is 6.20 Å². The first-order chi connectivity index (χ1) is 9.10. The van der Waals surface area contributed by atoms with Gasteiger partial charge in [0.15, 0.2) is 0 Å². The summed E-state index contributed by atoms with van der Waals surface area (Å²) in [6.07, 6.45) is 5.39. The summed E-state index contributed by atoms with van der Waals surface area (Å²) in [7, 11) is 0. The highest BCUT2D eigenvalue weighted by molar-refractivity contribution is 5.79. The molecule has 5 nitrogen and oxygen atoms in total. The molecular formula is C14H23N3O2. The van der Waals surface area contributed by atoms with Crippen LogP contribution in [-0.2, 0) is 4.79 Å². The summed E-state index contributed by atoms with van der Waals surface area (Å²) in [6.45, 7) is 3.99. The molecule has 3 N–H and O–H groups in total. The van der Waals surface area contributed by atoms with E-state index in [-0.39, 0.29) is 24.0 Å². The van der Waals surface area contributed by atoms with Crippen LogP contribution in [0.1, 0.15) is 56.6 Å². The molecule has 1 atom stereocenters. The Bertz CT molecular complexity index is 422. The average molecular weight is 265 g/mol. The van der Waals surface area contributed by atoms with Crippen LogP contribution < -0.4 is 5.32 Å². The van der Waals surface area contributed by atoms with Crippen molar-refractivity contribution in [3.63, 3.8) is 0 Å². The van der Waals surface area contributed by atoms with Crippen LogP contribution in [0.15, 0.2) is 6.20 Å². The molecule has 1 saturated carbocycles. The van der Waals surface area contributed by atoms with Gasteiger partial charge in [-0.25, -0.2) is 4.98 Å². The molecule has 0 bridgehead atoms. The molecule has 1 amide bonds. The molecule has 1 heterocycles. The minimum absolute atomic E-state index is 0.0357. The third-order valence-corrected chi connectivity index (χ3v) is 3.84. The molecule has 0 saturated heterocycles. The number of carbonyl (C=O) groups is 1. The van der Waals surface area contributed by atoms with E-state index in [0.29, 0.717) is 0 Å². The number of aromatic nitrogens is 2. The lowest BCUT2D eigenvalue weighted by atomic mass is 9.86. The topological polar surface area (TPSA) is 78.0 Å². The second-order valence-electron chi connectivity index (χ2n) is 5.43. The molecule has 106 valence electrons. The summed E-state index contributed by atoms with van der Waals surface area (Å²) in [5, 5.41) is 12.5. The fraction of sp³-hybridized carbons (Fsp3) is 0.714. The molecule has 5 heteroatoms. The molecular weight excluding hydrogens is 242 g/mol. The molecule has 0 unspecified atom stereocenters. The van der Waals surface area contributed by atoms with Crippen molar-refractivity contribution in [1.82, 2.24) is 15.3 Å². The molecule has 0 spiro atoms. The van der Waals surface area contributed by atoms with Crippen molar-refractivity contribution in [2.45, 2.75) is 58.1 Å². The first kappa shape index (κ1) is 14.1. The third-order valence-electron chi connectivity index (χ3n) is 3.84. The van der Waals surface area contributed by atoms with Crippen LogP contribution in [0.2, 0.25) is 0 Å². The van der Waals surface area contributed by atoms with Crippen LogP contribution in [0.3, 0.4) is 0 Å². The number of aryl methyl sites for hydroxylation is 1. The standard InChI is InChI=1S/C14H23N3O2/c1-3-12(13-15-8-9(2)16-13)17-14(19)10-4-6-11(18)7-5-10/h8,10-12,18H,3-7H2,1-2H3,(H,15,16)(H,17,19)/t10?,11?,12-/m0/s1. The zero-order valence-corrected chi connectivity index (χ0v) is 11.6. The van der Waals surface area contributed by atoms with Crippen LogP contribution in [-0.4, -0.2) is 27.1 Å². The van der Waals surface area contributed by atoms with Gasteiger partial charge in [0, 0.05) is 17.8 Å². The number of imidazole rings is 1. The van der Waals surface area contributed by atoms with E-state index in [4.69, 9.17) is 0 Å². The molecule has 19 heavy (non-hydrogen) atoms. The molecule has 2 rings (SSSR count). The number of H-pyrrole nitrogens is 1. The summed E-state index contributed by atoms with van der Waals surface area (Å²) in [5.41, 5.74) is 1.00. The largest absolute Gasteiger partial charge is 0.393 e. The number of carbonyl (C=O) groups excluding carboxylic acids is 1. The lowest BCUT2D eigenvalue weighted by Crippen LogP contribution is -2.36. The van der Waals surface area contributed by atoms with E-state index in [9.17, 15) is 9.90 Å². The van der Waals surface area contributed by atoms with Crippen LogP contribution in [0.4, 0.5) is 0 Å². The minimum atomic E-state index is -0.223. The predicted octanol–water partition coefficient (Wildman–Crippen LogP) is 1.84. The number of nitrogens with one attached hydrogen (secondary N) is 2. The van der Waals surface area contributed by atoms with Gasteiger partial charge in [0.1, 0.15) is 5.82 Å². The maximum atomic E-state index is 12.2. The van der Waals surface area contributed by atoms with Crippen LogP contribution in [0, 0.1) is 12.8 Å². The fourth-order valence-electron chi connectivity index (χ4n) is 2.60. The summed E-state index contributed by atoms with van der Waals surface area (Å²) in [4.78, 5) is 19.7. The first-order valence-electron chi connectivity index (χ1n) is 7.10. The molecule has 0 aromatic carbocycles. The average Bonchev–Trinajstić information content (AvgIpc) is 2.83. The summed E-state index contributed by atoms with van der Waals surface area (Å²) in [5.74, 6) is 0.950. The Balaban J connectivity index is 1.93. The Morgan fingerprint density at radius 2 is 2.21 bits per heavy atom. The van der Waals surface area contributed by atoms with Crippen LogP contribution in [0.5, 0.6) is 0 Å².